The monoisotopic (exact) mass is 289 g/mol. The summed E-state index contributed by atoms with van der Waals surface area (Å²) >= 11 is 0. The zero-order chi connectivity index (χ0) is 15.4. The molecule has 1 saturated heterocycles. The lowest BCUT2D eigenvalue weighted by Crippen LogP contribution is -2.53. The van der Waals surface area contributed by atoms with Gasteiger partial charge in [0, 0.05) is 38.3 Å². The highest BCUT2D eigenvalue weighted by Gasteiger charge is 2.24. The van der Waals surface area contributed by atoms with Crippen molar-refractivity contribution in [2.24, 2.45) is 0 Å². The lowest BCUT2D eigenvalue weighted by Gasteiger charge is -2.40. The molecular weight excluding hydrogens is 258 g/mol. The Hall–Kier alpha value is -0.900. The van der Waals surface area contributed by atoms with Gasteiger partial charge >= 0.3 is 0 Å². The second-order valence-corrected chi connectivity index (χ2v) is 6.44. The molecule has 21 heavy (non-hydrogen) atoms. The van der Waals surface area contributed by atoms with E-state index < -0.39 is 0 Å². The second kappa shape index (κ2) is 7.39. The van der Waals surface area contributed by atoms with Crippen LogP contribution in [-0.4, -0.2) is 55.6 Å². The number of piperazine rings is 1. The van der Waals surface area contributed by atoms with Gasteiger partial charge in [0.2, 0.25) is 0 Å². The van der Waals surface area contributed by atoms with Crippen LogP contribution < -0.4 is 5.32 Å². The number of rotatable bonds is 5. The van der Waals surface area contributed by atoms with Gasteiger partial charge in [-0.1, -0.05) is 30.7 Å². The van der Waals surface area contributed by atoms with E-state index in [1.165, 1.54) is 42.9 Å². The number of aryl methyl sites for hydroxylation is 2. The van der Waals surface area contributed by atoms with Crippen molar-refractivity contribution in [2.75, 3.05) is 39.8 Å². The molecule has 0 aromatic heterocycles. The maximum absolute atomic E-state index is 3.52. The van der Waals surface area contributed by atoms with Crippen molar-refractivity contribution in [3.8, 4) is 0 Å². The van der Waals surface area contributed by atoms with Gasteiger partial charge in [0.25, 0.3) is 0 Å². The average molecular weight is 289 g/mol. The summed E-state index contributed by atoms with van der Waals surface area (Å²) in [7, 11) is 2.08. The average Bonchev–Trinajstić information content (AvgIpc) is 2.47. The molecule has 1 aromatic rings. The van der Waals surface area contributed by atoms with E-state index in [2.05, 4.69) is 68.1 Å². The minimum Gasteiger partial charge on any atom is -0.312 e. The molecule has 1 fully saturated rings. The zero-order valence-electron chi connectivity index (χ0n) is 14.3. The maximum atomic E-state index is 3.52. The van der Waals surface area contributed by atoms with Crippen LogP contribution in [0, 0.1) is 13.8 Å². The van der Waals surface area contributed by atoms with Gasteiger partial charge in [-0.3, -0.25) is 9.80 Å². The molecule has 2 atom stereocenters. The summed E-state index contributed by atoms with van der Waals surface area (Å²) in [4.78, 5) is 5.18. The molecule has 2 rings (SSSR count). The molecule has 0 aliphatic carbocycles. The minimum absolute atomic E-state index is 0.422. The van der Waals surface area contributed by atoms with E-state index in [1.54, 1.807) is 0 Å². The Morgan fingerprint density at radius 2 is 2.05 bits per heavy atom. The van der Waals surface area contributed by atoms with Crippen molar-refractivity contribution in [1.82, 2.24) is 15.1 Å². The van der Waals surface area contributed by atoms with Crippen LogP contribution in [0.25, 0.3) is 0 Å². The number of nitrogens with zero attached hydrogens (tertiary/aromatic N) is 2. The van der Waals surface area contributed by atoms with Crippen LogP contribution in [0.2, 0.25) is 0 Å². The number of likely N-dealkylation sites (N-methyl/N-ethyl adjacent to an activating group) is 2. The van der Waals surface area contributed by atoms with E-state index in [-0.39, 0.29) is 0 Å². The fourth-order valence-electron chi connectivity index (χ4n) is 3.44. The van der Waals surface area contributed by atoms with Gasteiger partial charge in [-0.25, -0.2) is 0 Å². The summed E-state index contributed by atoms with van der Waals surface area (Å²) in [5.74, 6) is 0. The van der Waals surface area contributed by atoms with Gasteiger partial charge < -0.3 is 5.32 Å². The molecule has 2 unspecified atom stereocenters. The molecule has 1 aromatic carbocycles. The minimum atomic E-state index is 0.422. The van der Waals surface area contributed by atoms with Gasteiger partial charge in [0.15, 0.2) is 0 Å². The van der Waals surface area contributed by atoms with Crippen molar-refractivity contribution < 1.29 is 0 Å². The van der Waals surface area contributed by atoms with Crippen LogP contribution in [-0.2, 0) is 0 Å². The van der Waals surface area contributed by atoms with Crippen LogP contribution in [0.15, 0.2) is 18.2 Å². The van der Waals surface area contributed by atoms with Crippen LogP contribution >= 0.6 is 0 Å². The Balaban J connectivity index is 2.04. The van der Waals surface area contributed by atoms with Crippen LogP contribution in [0.5, 0.6) is 0 Å². The summed E-state index contributed by atoms with van der Waals surface area (Å²) < 4.78 is 0. The normalized spacial score (nSPS) is 22.4. The molecular formula is C18H31N3. The van der Waals surface area contributed by atoms with E-state index in [9.17, 15) is 0 Å². The first kappa shape index (κ1) is 16.5. The predicted molar refractivity (Wildman–Crippen MR) is 90.9 cm³/mol. The number of benzene rings is 1. The highest BCUT2D eigenvalue weighted by atomic mass is 15.3. The highest BCUT2D eigenvalue weighted by Crippen LogP contribution is 2.21. The lowest BCUT2D eigenvalue weighted by molar-refractivity contribution is 0.0818. The van der Waals surface area contributed by atoms with Gasteiger partial charge in [-0.15, -0.1) is 0 Å². The number of nitrogens with one attached hydrogen (secondary N) is 1. The summed E-state index contributed by atoms with van der Waals surface area (Å²) in [6, 6.07) is 7.87. The van der Waals surface area contributed by atoms with E-state index >= 15 is 0 Å². The van der Waals surface area contributed by atoms with Crippen molar-refractivity contribution in [2.45, 2.75) is 39.8 Å². The van der Waals surface area contributed by atoms with Gasteiger partial charge in [0.1, 0.15) is 0 Å². The fraction of sp³-hybridized carbons (Fsp3) is 0.667. The van der Waals surface area contributed by atoms with Crippen LogP contribution in [0.4, 0.5) is 0 Å². The fourth-order valence-corrected chi connectivity index (χ4v) is 3.44. The Kier molecular flexibility index (Phi) is 5.80. The third-order valence-corrected chi connectivity index (χ3v) is 4.85. The van der Waals surface area contributed by atoms with Crippen molar-refractivity contribution in [3.05, 3.63) is 34.9 Å². The van der Waals surface area contributed by atoms with Crippen molar-refractivity contribution in [3.63, 3.8) is 0 Å². The Morgan fingerprint density at radius 1 is 1.29 bits per heavy atom. The summed E-state index contributed by atoms with van der Waals surface area (Å²) in [6.07, 6.45) is 0. The zero-order valence-corrected chi connectivity index (χ0v) is 14.3. The molecule has 1 N–H and O–H groups in total. The van der Waals surface area contributed by atoms with Crippen LogP contribution in [0.3, 0.4) is 0 Å². The topological polar surface area (TPSA) is 18.5 Å². The first-order chi connectivity index (χ1) is 10.0. The van der Waals surface area contributed by atoms with Crippen molar-refractivity contribution >= 4 is 0 Å². The molecule has 3 nitrogen and oxygen atoms in total. The number of hydrogen-bond donors (Lipinski definition) is 1. The molecule has 118 valence electrons. The quantitative estimate of drug-likeness (QED) is 0.899. The first-order valence-corrected chi connectivity index (χ1v) is 8.26. The summed E-state index contributed by atoms with van der Waals surface area (Å²) in [6.45, 7) is 14.8. The Labute approximate surface area is 130 Å². The van der Waals surface area contributed by atoms with Gasteiger partial charge in [0.05, 0.1) is 0 Å². The van der Waals surface area contributed by atoms with Crippen molar-refractivity contribution in [1.29, 1.82) is 0 Å². The molecule has 0 saturated carbocycles. The van der Waals surface area contributed by atoms with Gasteiger partial charge in [-0.05, 0) is 45.5 Å². The Bertz CT molecular complexity index is 458. The molecule has 1 aliphatic heterocycles. The summed E-state index contributed by atoms with van der Waals surface area (Å²) in [5.41, 5.74) is 4.18. The third-order valence-electron chi connectivity index (χ3n) is 4.85. The molecule has 1 aliphatic rings. The highest BCUT2D eigenvalue weighted by molar-refractivity contribution is 5.33. The van der Waals surface area contributed by atoms with E-state index in [1.807, 2.05) is 0 Å². The van der Waals surface area contributed by atoms with Crippen LogP contribution in [0.1, 0.15) is 36.6 Å². The maximum Gasteiger partial charge on any atom is 0.0449 e. The molecule has 0 spiro atoms. The molecule has 1 heterocycles. The first-order valence-electron chi connectivity index (χ1n) is 8.26. The summed E-state index contributed by atoms with van der Waals surface area (Å²) in [5, 5.41) is 3.52. The molecule has 0 radical (unpaired) electrons. The second-order valence-electron chi connectivity index (χ2n) is 6.44. The molecule has 0 amide bonds. The van der Waals surface area contributed by atoms with E-state index in [0.29, 0.717) is 12.1 Å². The van der Waals surface area contributed by atoms with E-state index in [4.69, 9.17) is 0 Å². The van der Waals surface area contributed by atoms with Gasteiger partial charge in [-0.2, -0.15) is 0 Å². The smallest absolute Gasteiger partial charge is 0.0449 e. The standard InChI is InChI=1S/C18H31N3/c1-6-21-10-9-20(12-16(21)4)13-18(19-5)17-11-14(2)7-8-15(17)3/h7-8,11,16,18-19H,6,9-10,12-13H2,1-5H3. The largest absolute Gasteiger partial charge is 0.312 e. The lowest BCUT2D eigenvalue weighted by atomic mass is 9.98. The van der Waals surface area contributed by atoms with E-state index in [0.717, 1.165) is 6.54 Å². The third kappa shape index (κ3) is 4.06. The number of hydrogen-bond acceptors (Lipinski definition) is 3. The predicted octanol–water partition coefficient (Wildman–Crippen LogP) is 2.59. The Morgan fingerprint density at radius 3 is 2.67 bits per heavy atom. The molecule has 0 bridgehead atoms. The molecule has 3 heteroatoms. The SMILES string of the molecule is CCN1CCN(CC(NC)c2cc(C)ccc2C)CC1C.